The molecule has 0 radical (unpaired) electrons. The number of rotatable bonds is 54. The largest absolute Gasteiger partial charge is 0.462 e. The maximum Gasteiger partial charge on any atom is 0.355 e. The Morgan fingerprint density at radius 1 is 0.405 bits per heavy atom. The summed E-state index contributed by atoms with van der Waals surface area (Å²) in [5.74, 6) is -1.74. The van der Waals surface area contributed by atoms with Crippen LogP contribution in [0.3, 0.4) is 0 Å². The predicted octanol–water partition coefficient (Wildman–Crippen LogP) is 21.0. The standard InChI is InChI=1S/C69H115N3O7/c1-4-7-10-13-16-19-22-25-28-31-34-37-40-43-46-49-52-77-67(74)58-56-61(69(76)79-54-51-48-45-42-39-36-33-30-27-24-21-18-15-12-9-6-3)72-57-70-64-65(72)62(58)63-59(66(64)73)55-60(71-63)68(75)78-53-50-47-44-41-38-35-32-29-26-23-20-17-14-11-8-5-2/h55-57,71H,4-54H2,1-3H3. The molecule has 1 N–H and O–H groups in total. The minimum absolute atomic E-state index is 0.101. The number of unbranched alkanes of at least 4 members (excludes halogenated alkanes) is 45. The number of aromatic amines is 1. The van der Waals surface area contributed by atoms with Crippen LogP contribution in [-0.4, -0.2) is 52.1 Å². The van der Waals surface area contributed by atoms with Crippen LogP contribution in [0.25, 0.3) is 27.3 Å². The van der Waals surface area contributed by atoms with Gasteiger partial charge in [0.25, 0.3) is 0 Å². The number of H-pyrrole nitrogens is 1. The Hall–Kier alpha value is -3.95. The average molecular weight is 1100 g/mol. The first-order valence-corrected chi connectivity index (χ1v) is 33.8. The van der Waals surface area contributed by atoms with Crippen LogP contribution in [-0.2, 0) is 14.2 Å². The van der Waals surface area contributed by atoms with E-state index in [1.165, 1.54) is 269 Å². The molecule has 4 aromatic rings. The van der Waals surface area contributed by atoms with Crippen molar-refractivity contribution in [2.45, 2.75) is 329 Å². The fourth-order valence-electron chi connectivity index (χ4n) is 11.7. The molecule has 0 fully saturated rings. The fraction of sp³-hybridized carbons (Fsp3) is 0.783. The molecule has 0 amide bonds. The van der Waals surface area contributed by atoms with Gasteiger partial charge in [0.05, 0.1) is 41.8 Å². The second kappa shape index (κ2) is 44.7. The van der Waals surface area contributed by atoms with Crippen molar-refractivity contribution in [1.82, 2.24) is 14.4 Å². The molecule has 0 saturated heterocycles. The highest BCUT2D eigenvalue weighted by Crippen LogP contribution is 2.32. The molecular formula is C69H115N3O7. The molecule has 3 heterocycles. The van der Waals surface area contributed by atoms with Gasteiger partial charge in [-0.3, -0.25) is 9.20 Å². The van der Waals surface area contributed by atoms with Gasteiger partial charge in [-0.15, -0.1) is 0 Å². The van der Waals surface area contributed by atoms with E-state index in [0.717, 1.165) is 57.8 Å². The lowest BCUT2D eigenvalue weighted by atomic mass is 10.0. The molecule has 0 atom stereocenters. The molecule has 4 rings (SSSR count). The second-order valence-corrected chi connectivity index (χ2v) is 23.7. The number of carbonyl (C=O) groups is 3. The third kappa shape index (κ3) is 27.6. The molecule has 0 bridgehead atoms. The Morgan fingerprint density at radius 3 is 1.05 bits per heavy atom. The summed E-state index contributed by atoms with van der Waals surface area (Å²) >= 11 is 0. The Labute approximate surface area is 480 Å². The molecule has 1 aromatic carbocycles. The Bertz CT molecular complexity index is 2230. The van der Waals surface area contributed by atoms with Crippen LogP contribution in [0.1, 0.15) is 360 Å². The molecule has 0 aliphatic carbocycles. The van der Waals surface area contributed by atoms with Crippen LogP contribution in [0.2, 0.25) is 0 Å². The van der Waals surface area contributed by atoms with E-state index in [1.807, 2.05) is 0 Å². The number of hydrogen-bond donors (Lipinski definition) is 1. The van der Waals surface area contributed by atoms with Gasteiger partial charge in [-0.05, 0) is 31.4 Å². The Balaban J connectivity index is 1.27. The first kappa shape index (κ1) is 67.6. The zero-order valence-electron chi connectivity index (χ0n) is 51.0. The number of nitrogens with one attached hydrogen (secondary N) is 1. The highest BCUT2D eigenvalue weighted by molar-refractivity contribution is 6.20. The van der Waals surface area contributed by atoms with Gasteiger partial charge in [0.2, 0.25) is 5.43 Å². The molecule has 79 heavy (non-hydrogen) atoms. The number of hydrogen-bond acceptors (Lipinski definition) is 8. The van der Waals surface area contributed by atoms with Crippen molar-refractivity contribution in [2.24, 2.45) is 0 Å². The van der Waals surface area contributed by atoms with E-state index >= 15 is 0 Å². The van der Waals surface area contributed by atoms with Crippen LogP contribution < -0.4 is 5.43 Å². The minimum Gasteiger partial charge on any atom is -0.462 e. The average Bonchev–Trinajstić information content (AvgIpc) is 4.14. The summed E-state index contributed by atoms with van der Waals surface area (Å²) in [5, 5.41) is 0.610. The molecular weight excluding hydrogens is 983 g/mol. The van der Waals surface area contributed by atoms with E-state index in [9.17, 15) is 19.2 Å². The molecule has 448 valence electrons. The number of carbonyl (C=O) groups excluding carboxylic acids is 3. The summed E-state index contributed by atoms with van der Waals surface area (Å²) in [6.45, 7) is 7.60. The highest BCUT2D eigenvalue weighted by Gasteiger charge is 2.28. The summed E-state index contributed by atoms with van der Waals surface area (Å²) in [6, 6.07) is 3.02. The van der Waals surface area contributed by atoms with Crippen molar-refractivity contribution in [3.05, 3.63) is 45.6 Å². The van der Waals surface area contributed by atoms with Crippen molar-refractivity contribution in [1.29, 1.82) is 0 Å². The zero-order chi connectivity index (χ0) is 56.2. The number of pyridine rings is 1. The normalized spacial score (nSPS) is 11.7. The maximum absolute atomic E-state index is 14.2. The van der Waals surface area contributed by atoms with Gasteiger partial charge in [0.1, 0.15) is 23.2 Å². The van der Waals surface area contributed by atoms with Gasteiger partial charge in [-0.2, -0.15) is 0 Å². The second-order valence-electron chi connectivity index (χ2n) is 23.7. The third-order valence-corrected chi connectivity index (χ3v) is 16.7. The number of benzene rings is 1. The number of ether oxygens (including phenoxy) is 3. The van der Waals surface area contributed by atoms with Crippen molar-refractivity contribution >= 4 is 45.2 Å². The van der Waals surface area contributed by atoms with E-state index in [2.05, 4.69) is 30.7 Å². The SMILES string of the molecule is CCCCCCCCCCCCCCCCCCOC(=O)c1cc2c(=O)c3ncn4c(C(=O)OCCCCCCCCCCCCCCCCCC)cc(C(=O)OCCCCCCCCCCCCCCCCCC)c(c2[nH]1)c34. The number of nitrogens with zero attached hydrogens (tertiary/aromatic N) is 2. The van der Waals surface area contributed by atoms with E-state index in [-0.39, 0.29) is 47.7 Å². The van der Waals surface area contributed by atoms with Crippen LogP contribution in [0.5, 0.6) is 0 Å². The smallest absolute Gasteiger partial charge is 0.355 e. The summed E-state index contributed by atoms with van der Waals surface area (Å²) < 4.78 is 19.0. The van der Waals surface area contributed by atoms with Crippen molar-refractivity contribution in [2.75, 3.05) is 19.8 Å². The van der Waals surface area contributed by atoms with Gasteiger partial charge >= 0.3 is 17.9 Å². The quantitative estimate of drug-likeness (QED) is 0.0263. The van der Waals surface area contributed by atoms with E-state index in [4.69, 9.17) is 14.2 Å². The van der Waals surface area contributed by atoms with E-state index in [1.54, 1.807) is 4.40 Å². The molecule has 0 aliphatic heterocycles. The van der Waals surface area contributed by atoms with Gasteiger partial charge in [0.15, 0.2) is 0 Å². The predicted molar refractivity (Wildman–Crippen MR) is 331 cm³/mol. The fourth-order valence-corrected chi connectivity index (χ4v) is 11.7. The Kier molecular flexibility index (Phi) is 38.2. The van der Waals surface area contributed by atoms with Gasteiger partial charge < -0.3 is 19.2 Å². The van der Waals surface area contributed by atoms with Crippen LogP contribution in [0.4, 0.5) is 0 Å². The number of imidazole rings is 1. The summed E-state index contributed by atoms with van der Waals surface area (Å²) in [4.78, 5) is 63.3. The molecule has 0 unspecified atom stereocenters. The summed E-state index contributed by atoms with van der Waals surface area (Å²) in [6.07, 6.45) is 62.0. The summed E-state index contributed by atoms with van der Waals surface area (Å²) in [7, 11) is 0. The summed E-state index contributed by atoms with van der Waals surface area (Å²) in [5.41, 5.74) is 0.706. The Morgan fingerprint density at radius 2 is 0.709 bits per heavy atom. The van der Waals surface area contributed by atoms with Gasteiger partial charge in [-0.1, -0.05) is 310 Å². The lowest BCUT2D eigenvalue weighted by molar-refractivity contribution is 0.0479. The lowest BCUT2D eigenvalue weighted by Gasteiger charge is -2.13. The topological polar surface area (TPSA) is 129 Å². The zero-order valence-corrected chi connectivity index (χ0v) is 51.0. The molecule has 10 heteroatoms. The molecule has 3 aromatic heterocycles. The van der Waals surface area contributed by atoms with Crippen LogP contribution in [0.15, 0.2) is 23.3 Å². The van der Waals surface area contributed by atoms with E-state index < -0.39 is 23.3 Å². The van der Waals surface area contributed by atoms with Crippen molar-refractivity contribution in [3.8, 4) is 0 Å². The molecule has 10 nitrogen and oxygen atoms in total. The number of fused-ring (bicyclic) bond motifs is 2. The van der Waals surface area contributed by atoms with Crippen LogP contribution >= 0.6 is 0 Å². The number of aromatic nitrogens is 3. The van der Waals surface area contributed by atoms with E-state index in [0.29, 0.717) is 16.4 Å². The maximum atomic E-state index is 14.2. The molecule has 0 saturated carbocycles. The first-order chi connectivity index (χ1) is 38.9. The van der Waals surface area contributed by atoms with Gasteiger partial charge in [0, 0.05) is 5.39 Å². The van der Waals surface area contributed by atoms with Gasteiger partial charge in [-0.25, -0.2) is 19.4 Å². The minimum atomic E-state index is -0.597. The highest BCUT2D eigenvalue weighted by atomic mass is 16.5. The monoisotopic (exact) mass is 1100 g/mol. The number of esters is 3. The molecule has 0 spiro atoms. The van der Waals surface area contributed by atoms with Crippen molar-refractivity contribution in [3.63, 3.8) is 0 Å². The van der Waals surface area contributed by atoms with Crippen molar-refractivity contribution < 1.29 is 28.6 Å². The first-order valence-electron chi connectivity index (χ1n) is 33.8. The van der Waals surface area contributed by atoms with Crippen LogP contribution in [0, 0.1) is 0 Å². The lowest BCUT2D eigenvalue weighted by Crippen LogP contribution is -2.16. The third-order valence-electron chi connectivity index (χ3n) is 16.7. The molecule has 0 aliphatic rings.